The summed E-state index contributed by atoms with van der Waals surface area (Å²) in [6.07, 6.45) is 1.72. The molecule has 35 heavy (non-hydrogen) atoms. The van der Waals surface area contributed by atoms with Crippen LogP contribution >= 0.6 is 11.8 Å². The number of ether oxygens (including phenoxy) is 2. The van der Waals surface area contributed by atoms with Crippen LogP contribution < -0.4 is 20.3 Å². The van der Waals surface area contributed by atoms with E-state index in [1.807, 2.05) is 26.0 Å². The third-order valence-electron chi connectivity index (χ3n) is 6.20. The molecule has 0 fully saturated rings. The lowest BCUT2D eigenvalue weighted by atomic mass is 10.1. The molecule has 1 atom stereocenters. The highest BCUT2D eigenvalue weighted by molar-refractivity contribution is 7.99. The van der Waals surface area contributed by atoms with Crippen molar-refractivity contribution in [1.29, 1.82) is 0 Å². The number of benzene rings is 2. The topological polar surface area (TPSA) is 100 Å². The van der Waals surface area contributed by atoms with Crippen LogP contribution in [-0.2, 0) is 4.79 Å². The summed E-state index contributed by atoms with van der Waals surface area (Å²) >= 11 is 1.48. The summed E-state index contributed by atoms with van der Waals surface area (Å²) in [6, 6.07) is 11.1. The molecule has 4 aromatic rings. The Bertz CT molecular complexity index is 1540. The van der Waals surface area contributed by atoms with E-state index in [1.54, 1.807) is 33.6 Å². The molecule has 0 aliphatic carbocycles. The summed E-state index contributed by atoms with van der Waals surface area (Å²) < 4.78 is 14.5. The van der Waals surface area contributed by atoms with Crippen molar-refractivity contribution in [3.05, 3.63) is 64.1 Å². The van der Waals surface area contributed by atoms with E-state index < -0.39 is 0 Å². The van der Waals surface area contributed by atoms with Gasteiger partial charge in [-0.05, 0) is 37.6 Å². The van der Waals surface area contributed by atoms with Crippen molar-refractivity contribution in [1.82, 2.24) is 19.3 Å². The summed E-state index contributed by atoms with van der Waals surface area (Å²) in [5.74, 6) is 1.69. The monoisotopic (exact) mass is 489 g/mol. The predicted octanol–water partition coefficient (Wildman–Crippen LogP) is 3.65. The van der Waals surface area contributed by atoms with Crippen LogP contribution in [-0.4, -0.2) is 44.2 Å². The van der Waals surface area contributed by atoms with E-state index in [0.717, 1.165) is 16.8 Å². The van der Waals surface area contributed by atoms with E-state index >= 15 is 0 Å². The minimum atomic E-state index is -0.291. The highest BCUT2D eigenvalue weighted by atomic mass is 32.2. The number of aryl methyl sites for hydroxylation is 2. The number of amides is 1. The van der Waals surface area contributed by atoms with Crippen LogP contribution in [0.3, 0.4) is 0 Å². The van der Waals surface area contributed by atoms with E-state index in [9.17, 15) is 9.59 Å². The fourth-order valence-corrected chi connectivity index (χ4v) is 5.68. The molecule has 2 aromatic heterocycles. The second kappa shape index (κ2) is 8.46. The van der Waals surface area contributed by atoms with Crippen molar-refractivity contribution in [2.75, 3.05) is 24.3 Å². The molecule has 0 bridgehead atoms. The molecule has 2 aliphatic heterocycles. The van der Waals surface area contributed by atoms with Gasteiger partial charge in [0.15, 0.2) is 22.3 Å². The molecule has 0 saturated heterocycles. The Labute approximate surface area is 205 Å². The number of hydrogen-bond donors (Lipinski definition) is 1. The molecular formula is C25H23N5O4S. The molecule has 4 heterocycles. The quantitative estimate of drug-likeness (QED) is 0.437. The maximum Gasteiger partial charge on any atom is 0.265 e. The van der Waals surface area contributed by atoms with Crippen LogP contribution in [0.2, 0.25) is 0 Å². The zero-order valence-electron chi connectivity index (χ0n) is 19.3. The zero-order chi connectivity index (χ0) is 24.1. The first-order valence-corrected chi connectivity index (χ1v) is 12.4. The smallest absolute Gasteiger partial charge is 0.265 e. The first-order chi connectivity index (χ1) is 17.0. The molecule has 0 spiro atoms. The van der Waals surface area contributed by atoms with E-state index in [2.05, 4.69) is 16.5 Å². The van der Waals surface area contributed by atoms with Crippen molar-refractivity contribution < 1.29 is 14.3 Å². The standard InChI is InChI=1S/C25H23N5O4S/c1-14-3-5-19(15(2)9-14)30-23-18(12-26-30)24(32)29-17(13-35-25(29)28-23)11-22(31)27-16-4-6-20-21(10-16)34-8-7-33-20/h3-6,9-10,12,17H,7-8,11,13H2,1-2H3,(H,27,31). The molecular weight excluding hydrogens is 466 g/mol. The summed E-state index contributed by atoms with van der Waals surface area (Å²) in [6.45, 7) is 5.04. The molecule has 0 saturated carbocycles. The lowest BCUT2D eigenvalue weighted by Crippen LogP contribution is -2.27. The zero-order valence-corrected chi connectivity index (χ0v) is 20.1. The van der Waals surface area contributed by atoms with Gasteiger partial charge in [0.05, 0.1) is 17.9 Å². The van der Waals surface area contributed by atoms with E-state index in [1.165, 1.54) is 11.8 Å². The highest BCUT2D eigenvalue weighted by Crippen LogP contribution is 2.35. The molecule has 10 heteroatoms. The van der Waals surface area contributed by atoms with Crippen molar-refractivity contribution in [2.24, 2.45) is 0 Å². The van der Waals surface area contributed by atoms with Crippen LogP contribution in [0.15, 0.2) is 52.5 Å². The largest absolute Gasteiger partial charge is 0.486 e. The third-order valence-corrected chi connectivity index (χ3v) is 7.30. The van der Waals surface area contributed by atoms with E-state index in [-0.39, 0.29) is 23.9 Å². The molecule has 6 rings (SSSR count). The average molecular weight is 490 g/mol. The van der Waals surface area contributed by atoms with Gasteiger partial charge in [-0.25, -0.2) is 9.67 Å². The molecule has 1 N–H and O–H groups in total. The van der Waals surface area contributed by atoms with Crippen LogP contribution in [0.1, 0.15) is 23.6 Å². The summed E-state index contributed by atoms with van der Waals surface area (Å²) in [5.41, 5.74) is 4.08. The van der Waals surface area contributed by atoms with Crippen LogP contribution in [0.4, 0.5) is 5.69 Å². The number of carbonyl (C=O) groups excluding carboxylic acids is 1. The van der Waals surface area contributed by atoms with Crippen molar-refractivity contribution in [3.8, 4) is 17.2 Å². The molecule has 2 aliphatic rings. The van der Waals surface area contributed by atoms with Gasteiger partial charge in [0, 0.05) is 23.9 Å². The van der Waals surface area contributed by atoms with Gasteiger partial charge >= 0.3 is 0 Å². The van der Waals surface area contributed by atoms with Crippen LogP contribution in [0.5, 0.6) is 11.5 Å². The predicted molar refractivity (Wildman–Crippen MR) is 133 cm³/mol. The first-order valence-electron chi connectivity index (χ1n) is 11.4. The van der Waals surface area contributed by atoms with Crippen molar-refractivity contribution in [2.45, 2.75) is 31.5 Å². The van der Waals surface area contributed by atoms with Gasteiger partial charge < -0.3 is 14.8 Å². The number of anilines is 1. The SMILES string of the molecule is Cc1ccc(-n2ncc3c(=O)n4c(nc32)SCC4CC(=O)Nc2ccc3c(c2)OCCO3)c(C)c1. The maximum atomic E-state index is 13.4. The number of nitrogens with zero attached hydrogens (tertiary/aromatic N) is 4. The molecule has 2 aromatic carbocycles. The van der Waals surface area contributed by atoms with Crippen LogP contribution in [0.25, 0.3) is 16.7 Å². The van der Waals surface area contributed by atoms with Crippen molar-refractivity contribution in [3.63, 3.8) is 0 Å². The number of fused-ring (bicyclic) bond motifs is 3. The Morgan fingerprint density at radius 3 is 2.80 bits per heavy atom. The van der Waals surface area contributed by atoms with Gasteiger partial charge in [-0.15, -0.1) is 0 Å². The third kappa shape index (κ3) is 3.83. The molecule has 0 radical (unpaired) electrons. The van der Waals surface area contributed by atoms with E-state index in [4.69, 9.17) is 14.5 Å². The van der Waals surface area contributed by atoms with Gasteiger partial charge in [-0.2, -0.15) is 5.10 Å². The molecule has 9 nitrogen and oxygen atoms in total. The van der Waals surface area contributed by atoms with E-state index in [0.29, 0.717) is 52.3 Å². The maximum absolute atomic E-state index is 13.4. The fourth-order valence-electron chi connectivity index (χ4n) is 4.55. The Balaban J connectivity index is 1.26. The Kier molecular flexibility index (Phi) is 5.25. The summed E-state index contributed by atoms with van der Waals surface area (Å²) in [5, 5.41) is 8.41. The summed E-state index contributed by atoms with van der Waals surface area (Å²) in [4.78, 5) is 31.0. The number of rotatable bonds is 4. The summed E-state index contributed by atoms with van der Waals surface area (Å²) in [7, 11) is 0. The normalized spacial score (nSPS) is 16.3. The van der Waals surface area contributed by atoms with Gasteiger partial charge in [-0.1, -0.05) is 29.5 Å². The average Bonchev–Trinajstić information content (AvgIpc) is 3.44. The Morgan fingerprint density at radius 2 is 1.97 bits per heavy atom. The highest BCUT2D eigenvalue weighted by Gasteiger charge is 2.30. The van der Waals surface area contributed by atoms with Crippen LogP contribution in [0, 0.1) is 13.8 Å². The second-order valence-electron chi connectivity index (χ2n) is 8.73. The molecule has 178 valence electrons. The Hall–Kier alpha value is -3.79. The number of nitrogens with one attached hydrogen (secondary N) is 1. The fraction of sp³-hybridized carbons (Fsp3) is 0.280. The Morgan fingerprint density at radius 1 is 1.14 bits per heavy atom. The lowest BCUT2D eigenvalue weighted by molar-refractivity contribution is -0.116. The van der Waals surface area contributed by atoms with Gasteiger partial charge in [0.2, 0.25) is 5.91 Å². The first kappa shape index (κ1) is 21.7. The number of carbonyl (C=O) groups is 1. The lowest BCUT2D eigenvalue weighted by Gasteiger charge is -2.19. The molecule has 1 amide bonds. The molecule has 1 unspecified atom stereocenters. The number of aromatic nitrogens is 4. The van der Waals surface area contributed by atoms with Gasteiger partial charge in [-0.3, -0.25) is 14.2 Å². The van der Waals surface area contributed by atoms with Gasteiger partial charge in [0.25, 0.3) is 5.56 Å². The second-order valence-corrected chi connectivity index (χ2v) is 9.72. The minimum absolute atomic E-state index is 0.159. The van der Waals surface area contributed by atoms with Gasteiger partial charge in [0.1, 0.15) is 18.6 Å². The minimum Gasteiger partial charge on any atom is -0.486 e. The number of thioether (sulfide) groups is 1. The van der Waals surface area contributed by atoms with Crippen molar-refractivity contribution >= 4 is 34.4 Å². The number of hydrogen-bond acceptors (Lipinski definition) is 7.